The highest BCUT2D eigenvalue weighted by Crippen LogP contribution is 2.44. The number of amides is 1. The summed E-state index contributed by atoms with van der Waals surface area (Å²) in [4.78, 5) is 35.7. The number of piperazine rings is 1. The zero-order valence-electron chi connectivity index (χ0n) is 22.2. The van der Waals surface area contributed by atoms with Crippen molar-refractivity contribution in [1.82, 2.24) is 14.5 Å². The number of thioether (sulfide) groups is 1. The van der Waals surface area contributed by atoms with Crippen LogP contribution < -0.4 is 10.6 Å². The van der Waals surface area contributed by atoms with Crippen molar-refractivity contribution in [2.45, 2.75) is 44.3 Å². The van der Waals surface area contributed by atoms with Crippen LogP contribution in [0.4, 0.5) is 10.2 Å². The van der Waals surface area contributed by atoms with Crippen LogP contribution >= 0.6 is 11.8 Å². The highest BCUT2D eigenvalue weighted by molar-refractivity contribution is 7.99. The number of nitrogens with zero attached hydrogens (tertiary/aromatic N) is 4. The quantitative estimate of drug-likeness (QED) is 0.448. The van der Waals surface area contributed by atoms with Crippen LogP contribution in [-0.4, -0.2) is 65.0 Å². The first-order chi connectivity index (χ1) is 18.2. The summed E-state index contributed by atoms with van der Waals surface area (Å²) in [6.07, 6.45) is 1.35. The Kier molecular flexibility index (Phi) is 7.33. The monoisotopic (exact) mass is 536 g/mol. The molecule has 2 aromatic carbocycles. The van der Waals surface area contributed by atoms with Gasteiger partial charge in [-0.1, -0.05) is 18.7 Å². The standard InChI is InChI=1S/C29H33FN4O3S/c1-6-24(35)34-18(3)12-32(13-19(34)4)28-23-11-17(2)25(21-7-9-22(30)10-8-21)27-26(23)33(29(36)31-28)14-20(15-37-5)16-38-27/h6-11,18-20H,1,12-16H2,2-5H3/t18-,19+,20-/m1/s1. The van der Waals surface area contributed by atoms with E-state index in [1.165, 1.54) is 18.2 Å². The van der Waals surface area contributed by atoms with Gasteiger partial charge >= 0.3 is 5.69 Å². The summed E-state index contributed by atoms with van der Waals surface area (Å²) in [5.74, 6) is 1.19. The van der Waals surface area contributed by atoms with Gasteiger partial charge in [-0.25, -0.2) is 9.18 Å². The normalized spacial score (nSPS) is 21.4. The number of aromatic nitrogens is 2. The second kappa shape index (κ2) is 10.5. The number of ether oxygens (including phenoxy) is 1. The lowest BCUT2D eigenvalue weighted by atomic mass is 9.97. The van der Waals surface area contributed by atoms with Crippen molar-refractivity contribution >= 4 is 34.4 Å². The molecule has 0 saturated carbocycles. The van der Waals surface area contributed by atoms with Crippen LogP contribution in [0.25, 0.3) is 22.0 Å². The molecule has 7 nitrogen and oxygen atoms in total. The Hall–Kier alpha value is -3.17. The zero-order chi connectivity index (χ0) is 27.1. The molecule has 5 rings (SSSR count). The molecule has 0 radical (unpaired) electrons. The molecule has 0 N–H and O–H groups in total. The minimum atomic E-state index is -0.295. The average Bonchev–Trinajstić information content (AvgIpc) is 3.07. The number of methoxy groups -OCH3 is 1. The Bertz CT molecular complexity index is 1440. The molecule has 1 amide bonds. The lowest BCUT2D eigenvalue weighted by Gasteiger charge is -2.44. The summed E-state index contributed by atoms with van der Waals surface area (Å²) in [7, 11) is 1.68. The van der Waals surface area contributed by atoms with Crippen LogP contribution in [0.5, 0.6) is 0 Å². The van der Waals surface area contributed by atoms with E-state index in [0.717, 1.165) is 38.2 Å². The van der Waals surface area contributed by atoms with Crippen molar-refractivity contribution in [1.29, 1.82) is 0 Å². The third-order valence-corrected chi connectivity index (χ3v) is 8.81. The fourth-order valence-corrected chi connectivity index (χ4v) is 7.32. The van der Waals surface area contributed by atoms with Gasteiger partial charge in [0.05, 0.1) is 12.1 Å². The Labute approximate surface area is 226 Å². The molecule has 3 aromatic rings. The predicted octanol–water partition coefficient (Wildman–Crippen LogP) is 4.49. The van der Waals surface area contributed by atoms with Crippen molar-refractivity contribution in [2.75, 3.05) is 37.5 Å². The first kappa shape index (κ1) is 26.4. The highest BCUT2D eigenvalue weighted by atomic mass is 32.2. The molecular formula is C29H33FN4O3S. The van der Waals surface area contributed by atoms with Crippen LogP contribution in [0.2, 0.25) is 0 Å². The smallest absolute Gasteiger partial charge is 0.350 e. The lowest BCUT2D eigenvalue weighted by molar-refractivity contribution is -0.130. The van der Waals surface area contributed by atoms with Crippen LogP contribution in [0.1, 0.15) is 19.4 Å². The molecule has 0 bridgehead atoms. The second-order valence-electron chi connectivity index (χ2n) is 10.3. The van der Waals surface area contributed by atoms with Gasteiger partial charge in [-0.2, -0.15) is 4.98 Å². The van der Waals surface area contributed by atoms with Gasteiger partial charge in [0.2, 0.25) is 5.91 Å². The first-order valence-electron chi connectivity index (χ1n) is 12.9. The summed E-state index contributed by atoms with van der Waals surface area (Å²) < 4.78 is 21.0. The topological polar surface area (TPSA) is 67.7 Å². The number of rotatable bonds is 5. The Balaban J connectivity index is 1.72. The summed E-state index contributed by atoms with van der Waals surface area (Å²) in [6, 6.07) is 8.49. The van der Waals surface area contributed by atoms with Crippen molar-refractivity contribution in [3.05, 3.63) is 64.9 Å². The largest absolute Gasteiger partial charge is 0.384 e. The Morgan fingerprint density at radius 2 is 1.89 bits per heavy atom. The van der Waals surface area contributed by atoms with Crippen molar-refractivity contribution in [3.8, 4) is 11.1 Å². The minimum Gasteiger partial charge on any atom is -0.384 e. The molecular weight excluding hydrogens is 503 g/mol. The van der Waals surface area contributed by atoms with E-state index < -0.39 is 0 Å². The number of anilines is 1. The van der Waals surface area contributed by atoms with Gasteiger partial charge in [0.15, 0.2) is 0 Å². The van der Waals surface area contributed by atoms with Crippen LogP contribution in [0.15, 0.2) is 52.7 Å². The summed E-state index contributed by atoms with van der Waals surface area (Å²) in [5.41, 5.74) is 3.52. The zero-order valence-corrected chi connectivity index (χ0v) is 23.1. The summed E-state index contributed by atoms with van der Waals surface area (Å²) in [5, 5.41) is 0.913. The van der Waals surface area contributed by atoms with E-state index in [4.69, 9.17) is 4.74 Å². The molecule has 3 atom stereocenters. The highest BCUT2D eigenvalue weighted by Gasteiger charge is 2.34. The number of hydrogen-bond acceptors (Lipinski definition) is 6. The maximum Gasteiger partial charge on any atom is 0.350 e. The molecule has 2 aliphatic heterocycles. The van der Waals surface area contributed by atoms with Gasteiger partial charge in [0.1, 0.15) is 11.6 Å². The number of halogens is 1. The number of hydrogen-bond donors (Lipinski definition) is 0. The summed E-state index contributed by atoms with van der Waals surface area (Å²) >= 11 is 1.72. The molecule has 2 aliphatic rings. The van der Waals surface area contributed by atoms with Gasteiger partial charge in [-0.05, 0) is 56.2 Å². The third-order valence-electron chi connectivity index (χ3n) is 7.48. The number of carbonyl (C=O) groups excluding carboxylic acids is 1. The van der Waals surface area contributed by atoms with Gasteiger partial charge in [-0.15, -0.1) is 11.8 Å². The average molecular weight is 537 g/mol. The molecule has 3 heterocycles. The second-order valence-corrected chi connectivity index (χ2v) is 11.3. The molecule has 0 spiro atoms. The minimum absolute atomic E-state index is 0.0706. The van der Waals surface area contributed by atoms with Gasteiger partial charge in [-0.3, -0.25) is 9.36 Å². The lowest BCUT2D eigenvalue weighted by Crippen LogP contribution is -2.58. The van der Waals surface area contributed by atoms with Crippen LogP contribution in [0.3, 0.4) is 0 Å². The third kappa shape index (κ3) is 4.62. The molecule has 0 unspecified atom stereocenters. The van der Waals surface area contributed by atoms with Gasteiger partial charge < -0.3 is 14.5 Å². The molecule has 0 aliphatic carbocycles. The predicted molar refractivity (Wildman–Crippen MR) is 150 cm³/mol. The Morgan fingerprint density at radius 3 is 2.53 bits per heavy atom. The van der Waals surface area contributed by atoms with E-state index in [-0.39, 0.29) is 35.4 Å². The molecule has 38 heavy (non-hydrogen) atoms. The van der Waals surface area contributed by atoms with Crippen molar-refractivity contribution < 1.29 is 13.9 Å². The van der Waals surface area contributed by atoms with Crippen LogP contribution in [0, 0.1) is 18.7 Å². The number of aryl methyl sites for hydroxylation is 1. The SMILES string of the molecule is C=CC(=O)N1[C@H](C)CN(c2nc(=O)n3c4c(c(-c5ccc(F)cc5)c(C)cc24)SC[C@@H](COC)C3)C[C@@H]1C. The van der Waals surface area contributed by atoms with E-state index in [1.807, 2.05) is 18.7 Å². The van der Waals surface area contributed by atoms with Crippen molar-refractivity contribution in [2.24, 2.45) is 5.92 Å². The molecule has 1 fully saturated rings. The van der Waals surface area contributed by atoms with E-state index >= 15 is 0 Å². The maximum absolute atomic E-state index is 13.8. The van der Waals surface area contributed by atoms with E-state index in [1.54, 1.807) is 35.6 Å². The fraction of sp³-hybridized carbons (Fsp3) is 0.414. The van der Waals surface area contributed by atoms with E-state index in [9.17, 15) is 14.0 Å². The van der Waals surface area contributed by atoms with Gasteiger partial charge in [0.25, 0.3) is 0 Å². The van der Waals surface area contributed by atoms with Gasteiger partial charge in [0, 0.05) is 66.3 Å². The first-order valence-corrected chi connectivity index (χ1v) is 13.9. The molecule has 1 aromatic heterocycles. The van der Waals surface area contributed by atoms with Crippen LogP contribution in [-0.2, 0) is 16.1 Å². The van der Waals surface area contributed by atoms with Crippen molar-refractivity contribution in [3.63, 3.8) is 0 Å². The number of carbonyl (C=O) groups is 1. The molecule has 9 heteroatoms. The maximum atomic E-state index is 13.8. The van der Waals surface area contributed by atoms with E-state index in [2.05, 4.69) is 29.5 Å². The fourth-order valence-electron chi connectivity index (χ4n) is 5.93. The molecule has 200 valence electrons. The summed E-state index contributed by atoms with van der Waals surface area (Å²) in [6.45, 7) is 11.9. The Morgan fingerprint density at radius 1 is 1.21 bits per heavy atom. The van der Waals surface area contributed by atoms with E-state index in [0.29, 0.717) is 32.1 Å². The molecule has 1 saturated heterocycles. The number of benzene rings is 2.